The van der Waals surface area contributed by atoms with Gasteiger partial charge in [-0.05, 0) is 12.8 Å². The molecular formula is C17H22N4O3S. The number of hydrogen-bond acceptors (Lipinski definition) is 4. The molecule has 1 aliphatic heterocycles. The van der Waals surface area contributed by atoms with E-state index in [9.17, 15) is 13.2 Å². The van der Waals surface area contributed by atoms with Crippen molar-refractivity contribution >= 4 is 15.9 Å². The number of hydrogen-bond donors (Lipinski definition) is 1. The van der Waals surface area contributed by atoms with E-state index in [1.807, 2.05) is 30.3 Å². The van der Waals surface area contributed by atoms with Crippen LogP contribution in [-0.2, 0) is 21.4 Å². The third-order valence-corrected chi connectivity index (χ3v) is 6.07. The fourth-order valence-electron chi connectivity index (χ4n) is 2.91. The first-order valence-corrected chi connectivity index (χ1v) is 9.98. The number of imidazole rings is 1. The van der Waals surface area contributed by atoms with Crippen LogP contribution in [-0.4, -0.2) is 53.6 Å². The molecule has 134 valence electrons. The molecule has 0 bridgehead atoms. The smallest absolute Gasteiger partial charge is 0.240 e. The Labute approximate surface area is 147 Å². The van der Waals surface area contributed by atoms with Gasteiger partial charge in [-0.2, -0.15) is 0 Å². The summed E-state index contributed by atoms with van der Waals surface area (Å²) in [4.78, 5) is 16.4. The first-order chi connectivity index (χ1) is 12.1. The highest BCUT2D eigenvalue weighted by Gasteiger charge is 2.24. The van der Waals surface area contributed by atoms with Crippen molar-refractivity contribution < 1.29 is 13.2 Å². The maximum atomic E-state index is 12.1. The third kappa shape index (κ3) is 4.46. The minimum Gasteiger partial charge on any atom is -0.353 e. The minimum absolute atomic E-state index is 0.0613. The van der Waals surface area contributed by atoms with E-state index in [0.717, 1.165) is 18.4 Å². The van der Waals surface area contributed by atoms with E-state index in [2.05, 4.69) is 10.3 Å². The van der Waals surface area contributed by atoms with Crippen LogP contribution in [0.4, 0.5) is 0 Å². The third-order valence-electron chi connectivity index (χ3n) is 4.20. The van der Waals surface area contributed by atoms with E-state index >= 15 is 0 Å². The van der Waals surface area contributed by atoms with Gasteiger partial charge in [0.2, 0.25) is 15.9 Å². The average Bonchev–Trinajstić information content (AvgIpc) is 3.27. The lowest BCUT2D eigenvalue weighted by atomic mass is 10.2. The molecule has 1 amide bonds. The Balaban J connectivity index is 1.53. The van der Waals surface area contributed by atoms with Crippen LogP contribution < -0.4 is 5.32 Å². The molecule has 0 aliphatic carbocycles. The maximum absolute atomic E-state index is 12.1. The lowest BCUT2D eigenvalue weighted by Crippen LogP contribution is -2.37. The van der Waals surface area contributed by atoms with Crippen molar-refractivity contribution in [3.8, 4) is 11.4 Å². The van der Waals surface area contributed by atoms with Gasteiger partial charge in [0.15, 0.2) is 0 Å². The van der Waals surface area contributed by atoms with Crippen molar-refractivity contribution in [1.29, 1.82) is 0 Å². The van der Waals surface area contributed by atoms with E-state index in [1.165, 1.54) is 4.31 Å². The largest absolute Gasteiger partial charge is 0.353 e. The van der Waals surface area contributed by atoms with Gasteiger partial charge in [0, 0.05) is 37.6 Å². The van der Waals surface area contributed by atoms with Gasteiger partial charge in [0.25, 0.3) is 0 Å². The molecule has 7 nitrogen and oxygen atoms in total. The van der Waals surface area contributed by atoms with Gasteiger partial charge in [-0.3, -0.25) is 4.79 Å². The normalized spacial score (nSPS) is 15.4. The zero-order valence-corrected chi connectivity index (χ0v) is 14.8. The molecule has 1 aromatic heterocycles. The first-order valence-electron chi connectivity index (χ1n) is 8.37. The summed E-state index contributed by atoms with van der Waals surface area (Å²) in [6.45, 7) is 1.40. The minimum atomic E-state index is -3.27. The molecule has 2 heterocycles. The number of aromatic nitrogens is 2. The van der Waals surface area contributed by atoms with E-state index in [-0.39, 0.29) is 24.7 Å². The molecule has 0 spiro atoms. The molecule has 8 heteroatoms. The van der Waals surface area contributed by atoms with Crippen LogP contribution in [0, 0.1) is 0 Å². The van der Waals surface area contributed by atoms with Crippen LogP contribution in [0.1, 0.15) is 12.8 Å². The van der Waals surface area contributed by atoms with Gasteiger partial charge >= 0.3 is 0 Å². The molecule has 0 radical (unpaired) electrons. The number of carbonyl (C=O) groups is 1. The van der Waals surface area contributed by atoms with Crippen molar-refractivity contribution in [2.75, 3.05) is 25.4 Å². The van der Waals surface area contributed by atoms with Gasteiger partial charge < -0.3 is 9.88 Å². The van der Waals surface area contributed by atoms with Crippen molar-refractivity contribution in [2.45, 2.75) is 19.4 Å². The van der Waals surface area contributed by atoms with E-state index in [4.69, 9.17) is 0 Å². The summed E-state index contributed by atoms with van der Waals surface area (Å²) < 4.78 is 27.5. The number of carbonyl (C=O) groups excluding carboxylic acids is 1. The van der Waals surface area contributed by atoms with Gasteiger partial charge in [-0.25, -0.2) is 17.7 Å². The second-order valence-electron chi connectivity index (χ2n) is 6.02. The Morgan fingerprint density at radius 3 is 2.60 bits per heavy atom. The molecule has 2 aromatic rings. The van der Waals surface area contributed by atoms with Gasteiger partial charge in [-0.1, -0.05) is 30.3 Å². The molecule has 0 atom stereocenters. The van der Waals surface area contributed by atoms with E-state index in [1.54, 1.807) is 17.0 Å². The topological polar surface area (TPSA) is 84.3 Å². The number of sulfonamides is 1. The summed E-state index contributed by atoms with van der Waals surface area (Å²) >= 11 is 0. The maximum Gasteiger partial charge on any atom is 0.240 e. The van der Waals surface area contributed by atoms with Crippen LogP contribution in [0.2, 0.25) is 0 Å². The fourth-order valence-corrected chi connectivity index (χ4v) is 4.34. The van der Waals surface area contributed by atoms with Crippen molar-refractivity contribution in [3.63, 3.8) is 0 Å². The van der Waals surface area contributed by atoms with Crippen molar-refractivity contribution in [2.24, 2.45) is 0 Å². The van der Waals surface area contributed by atoms with Crippen LogP contribution in [0.25, 0.3) is 11.4 Å². The lowest BCUT2D eigenvalue weighted by Gasteiger charge is -2.15. The summed E-state index contributed by atoms with van der Waals surface area (Å²) in [7, 11) is -3.27. The molecule has 0 saturated carbocycles. The monoisotopic (exact) mass is 362 g/mol. The Hall–Kier alpha value is -2.19. The highest BCUT2D eigenvalue weighted by atomic mass is 32.2. The summed E-state index contributed by atoms with van der Waals surface area (Å²) in [6, 6.07) is 9.61. The standard InChI is InChI=1S/C17H22N4O3S/c22-16(18-9-13-25(23,24)21-10-4-5-11-21)14-20-12-8-19-17(20)15-6-2-1-3-7-15/h1-3,6-8,12H,4-5,9-11,13-14H2,(H,18,22). The van der Waals surface area contributed by atoms with E-state index < -0.39 is 10.0 Å². The SMILES string of the molecule is O=C(Cn1ccnc1-c1ccccc1)NCCS(=O)(=O)N1CCCC1. The molecule has 25 heavy (non-hydrogen) atoms. The average molecular weight is 362 g/mol. The summed E-state index contributed by atoms with van der Waals surface area (Å²) in [5.41, 5.74) is 0.928. The predicted octanol–water partition coefficient (Wildman–Crippen LogP) is 1.09. The summed E-state index contributed by atoms with van der Waals surface area (Å²) in [5.74, 6) is 0.418. The Bertz CT molecular complexity index is 811. The fraction of sp³-hybridized carbons (Fsp3) is 0.412. The lowest BCUT2D eigenvalue weighted by molar-refractivity contribution is -0.121. The van der Waals surface area contributed by atoms with Crippen LogP contribution in [0.5, 0.6) is 0 Å². The second kappa shape index (κ2) is 7.79. The zero-order valence-electron chi connectivity index (χ0n) is 14.0. The predicted molar refractivity (Wildman–Crippen MR) is 95.3 cm³/mol. The summed E-state index contributed by atoms with van der Waals surface area (Å²) in [5, 5.41) is 2.69. The Kier molecular flexibility index (Phi) is 5.50. The zero-order chi connectivity index (χ0) is 17.7. The molecule has 0 unspecified atom stereocenters. The highest BCUT2D eigenvalue weighted by molar-refractivity contribution is 7.89. The molecule has 1 saturated heterocycles. The Morgan fingerprint density at radius 1 is 1.16 bits per heavy atom. The molecule has 1 aromatic carbocycles. The van der Waals surface area contributed by atoms with Crippen LogP contribution in [0.3, 0.4) is 0 Å². The van der Waals surface area contributed by atoms with Gasteiger partial charge in [0.05, 0.1) is 5.75 Å². The molecular weight excluding hydrogens is 340 g/mol. The molecule has 3 rings (SSSR count). The van der Waals surface area contributed by atoms with Crippen molar-refractivity contribution in [1.82, 2.24) is 19.2 Å². The number of nitrogens with one attached hydrogen (secondary N) is 1. The number of rotatable bonds is 7. The summed E-state index contributed by atoms with van der Waals surface area (Å²) in [6.07, 6.45) is 5.21. The molecule has 1 fully saturated rings. The first kappa shape index (κ1) is 17.6. The Morgan fingerprint density at radius 2 is 1.88 bits per heavy atom. The highest BCUT2D eigenvalue weighted by Crippen LogP contribution is 2.16. The van der Waals surface area contributed by atoms with E-state index in [0.29, 0.717) is 18.9 Å². The number of nitrogens with zero attached hydrogens (tertiary/aromatic N) is 3. The van der Waals surface area contributed by atoms with Gasteiger partial charge in [0.1, 0.15) is 12.4 Å². The van der Waals surface area contributed by atoms with Crippen LogP contribution in [0.15, 0.2) is 42.7 Å². The number of amides is 1. The van der Waals surface area contributed by atoms with Gasteiger partial charge in [-0.15, -0.1) is 0 Å². The van der Waals surface area contributed by atoms with Crippen molar-refractivity contribution in [3.05, 3.63) is 42.7 Å². The molecule has 1 aliphatic rings. The molecule has 1 N–H and O–H groups in total. The number of benzene rings is 1. The quantitative estimate of drug-likeness (QED) is 0.799. The second-order valence-corrected chi connectivity index (χ2v) is 8.11. The van der Waals surface area contributed by atoms with Crippen LogP contribution >= 0.6 is 0 Å².